The van der Waals surface area contributed by atoms with Gasteiger partial charge in [-0.3, -0.25) is 0 Å². The highest BCUT2D eigenvalue weighted by molar-refractivity contribution is 5.31. The number of benzene rings is 1. The molecule has 1 aliphatic carbocycles. The molecule has 0 saturated carbocycles. The van der Waals surface area contributed by atoms with E-state index in [0.717, 1.165) is 12.8 Å². The Labute approximate surface area is 91.3 Å². The summed E-state index contributed by atoms with van der Waals surface area (Å²) in [5.74, 6) is 0. The van der Waals surface area contributed by atoms with E-state index in [-0.39, 0.29) is 12.1 Å². The van der Waals surface area contributed by atoms with E-state index in [0.29, 0.717) is 6.04 Å². The fourth-order valence-electron chi connectivity index (χ4n) is 2.29. The van der Waals surface area contributed by atoms with Crippen LogP contribution in [0.3, 0.4) is 0 Å². The van der Waals surface area contributed by atoms with Gasteiger partial charge in [0, 0.05) is 18.5 Å². The lowest BCUT2D eigenvalue weighted by Gasteiger charge is -2.31. The molecular weight excluding hydrogens is 186 g/mol. The maximum Gasteiger partial charge on any atom is 0.0736 e. The van der Waals surface area contributed by atoms with Gasteiger partial charge in [0.25, 0.3) is 0 Å². The van der Waals surface area contributed by atoms with Crippen LogP contribution in [0.5, 0.6) is 0 Å². The molecule has 15 heavy (non-hydrogen) atoms. The molecule has 0 unspecified atom stereocenters. The molecule has 1 aliphatic rings. The number of hydrogen-bond donors (Lipinski definition) is 2. The fraction of sp³-hybridized carbons (Fsp3) is 0.538. The van der Waals surface area contributed by atoms with E-state index < -0.39 is 0 Å². The Hall–Kier alpha value is -0.860. The molecular formula is C13H19NO. The fourth-order valence-corrected chi connectivity index (χ4v) is 2.29. The molecule has 0 bridgehead atoms. The second-order valence-corrected chi connectivity index (χ2v) is 4.67. The third-order valence-electron chi connectivity index (χ3n) is 3.00. The van der Waals surface area contributed by atoms with Crippen molar-refractivity contribution in [2.75, 3.05) is 0 Å². The van der Waals surface area contributed by atoms with Crippen molar-refractivity contribution >= 4 is 0 Å². The van der Waals surface area contributed by atoms with E-state index >= 15 is 0 Å². The van der Waals surface area contributed by atoms with Crippen LogP contribution < -0.4 is 5.32 Å². The van der Waals surface area contributed by atoms with Crippen LogP contribution in [0.4, 0.5) is 0 Å². The van der Waals surface area contributed by atoms with Gasteiger partial charge in [-0.15, -0.1) is 0 Å². The molecule has 2 atom stereocenters. The van der Waals surface area contributed by atoms with Gasteiger partial charge in [-0.05, 0) is 17.5 Å². The third-order valence-corrected chi connectivity index (χ3v) is 3.00. The molecule has 2 heteroatoms. The first kappa shape index (κ1) is 10.7. The van der Waals surface area contributed by atoms with E-state index in [1.807, 2.05) is 6.07 Å². The normalized spacial score (nSPS) is 25.3. The van der Waals surface area contributed by atoms with Gasteiger partial charge >= 0.3 is 0 Å². The van der Waals surface area contributed by atoms with Gasteiger partial charge in [-0.1, -0.05) is 38.1 Å². The first-order valence-corrected chi connectivity index (χ1v) is 5.67. The molecule has 2 nitrogen and oxygen atoms in total. The molecule has 0 radical (unpaired) electrons. The summed E-state index contributed by atoms with van der Waals surface area (Å²) in [5.41, 5.74) is 2.67. The Bertz CT molecular complexity index is 335. The highest BCUT2D eigenvalue weighted by atomic mass is 16.3. The number of nitrogens with one attached hydrogen (secondary N) is 1. The second kappa shape index (κ2) is 4.33. The molecule has 0 saturated heterocycles. The smallest absolute Gasteiger partial charge is 0.0736 e. The van der Waals surface area contributed by atoms with Crippen LogP contribution in [-0.2, 0) is 12.8 Å². The average Bonchev–Trinajstić information content (AvgIpc) is 2.18. The maximum absolute atomic E-state index is 10.0. The lowest BCUT2D eigenvalue weighted by molar-refractivity contribution is 0.115. The average molecular weight is 205 g/mol. The molecule has 0 amide bonds. The number of rotatable bonds is 2. The van der Waals surface area contributed by atoms with E-state index in [1.54, 1.807) is 0 Å². The Morgan fingerprint density at radius 3 is 2.40 bits per heavy atom. The number of fused-ring (bicyclic) bond motifs is 1. The van der Waals surface area contributed by atoms with Crippen LogP contribution in [0.1, 0.15) is 25.0 Å². The number of aliphatic hydroxyl groups excluding tert-OH is 1. The van der Waals surface area contributed by atoms with Crippen molar-refractivity contribution in [3.63, 3.8) is 0 Å². The Kier molecular flexibility index (Phi) is 3.08. The molecule has 1 aromatic carbocycles. The molecule has 0 fully saturated rings. The summed E-state index contributed by atoms with van der Waals surface area (Å²) in [7, 11) is 0. The lowest BCUT2D eigenvalue weighted by Crippen LogP contribution is -2.48. The summed E-state index contributed by atoms with van der Waals surface area (Å²) in [4.78, 5) is 0. The molecule has 2 rings (SSSR count). The van der Waals surface area contributed by atoms with Crippen LogP contribution in [0.25, 0.3) is 0 Å². The van der Waals surface area contributed by atoms with E-state index in [4.69, 9.17) is 0 Å². The lowest BCUT2D eigenvalue weighted by atomic mass is 9.86. The molecule has 0 spiro atoms. The van der Waals surface area contributed by atoms with Gasteiger partial charge in [0.2, 0.25) is 0 Å². The zero-order chi connectivity index (χ0) is 10.8. The maximum atomic E-state index is 10.0. The first-order valence-electron chi connectivity index (χ1n) is 5.67. The van der Waals surface area contributed by atoms with Crippen LogP contribution in [0.15, 0.2) is 24.3 Å². The third kappa shape index (κ3) is 2.39. The van der Waals surface area contributed by atoms with Crippen LogP contribution in [-0.4, -0.2) is 23.3 Å². The molecule has 0 aliphatic heterocycles. The van der Waals surface area contributed by atoms with E-state index in [1.165, 1.54) is 11.1 Å². The van der Waals surface area contributed by atoms with Gasteiger partial charge < -0.3 is 10.4 Å². The summed E-state index contributed by atoms with van der Waals surface area (Å²) in [6.45, 7) is 4.24. The van der Waals surface area contributed by atoms with Crippen molar-refractivity contribution in [2.45, 2.75) is 44.9 Å². The monoisotopic (exact) mass is 205 g/mol. The van der Waals surface area contributed by atoms with Crippen molar-refractivity contribution in [2.24, 2.45) is 0 Å². The van der Waals surface area contributed by atoms with E-state index in [9.17, 15) is 5.11 Å². The minimum atomic E-state index is -0.248. The molecule has 1 aromatic rings. The van der Waals surface area contributed by atoms with Gasteiger partial charge in [-0.2, -0.15) is 0 Å². The summed E-state index contributed by atoms with van der Waals surface area (Å²) in [5, 5.41) is 13.4. The molecule has 2 N–H and O–H groups in total. The van der Waals surface area contributed by atoms with Gasteiger partial charge in [0.15, 0.2) is 0 Å². The zero-order valence-corrected chi connectivity index (χ0v) is 9.40. The predicted octanol–water partition coefficient (Wildman–Crippen LogP) is 1.51. The predicted molar refractivity (Wildman–Crippen MR) is 61.9 cm³/mol. The minimum absolute atomic E-state index is 0.208. The van der Waals surface area contributed by atoms with Crippen molar-refractivity contribution in [1.29, 1.82) is 0 Å². The highest BCUT2D eigenvalue weighted by Crippen LogP contribution is 2.21. The van der Waals surface area contributed by atoms with E-state index in [2.05, 4.69) is 37.4 Å². The standard InChI is InChI=1S/C13H19NO/c1-9(2)14-12-7-10-5-3-4-6-11(10)8-13(12)15/h3-6,9,12-15H,7-8H2,1-2H3/t12-,13-/m1/s1. The molecule has 0 heterocycles. The van der Waals surface area contributed by atoms with Crippen molar-refractivity contribution in [3.8, 4) is 0 Å². The minimum Gasteiger partial charge on any atom is -0.391 e. The Morgan fingerprint density at radius 2 is 1.80 bits per heavy atom. The number of hydrogen-bond acceptors (Lipinski definition) is 2. The quantitative estimate of drug-likeness (QED) is 0.767. The van der Waals surface area contributed by atoms with Crippen molar-refractivity contribution in [1.82, 2.24) is 5.32 Å². The summed E-state index contributed by atoms with van der Waals surface area (Å²) in [6.07, 6.45) is 1.47. The largest absolute Gasteiger partial charge is 0.391 e. The van der Waals surface area contributed by atoms with Crippen LogP contribution in [0, 0.1) is 0 Å². The summed E-state index contributed by atoms with van der Waals surface area (Å²) >= 11 is 0. The topological polar surface area (TPSA) is 32.3 Å². The number of aliphatic hydroxyl groups is 1. The Morgan fingerprint density at radius 1 is 1.20 bits per heavy atom. The molecule has 82 valence electrons. The SMILES string of the molecule is CC(C)N[C@@H]1Cc2ccccc2C[C@H]1O. The first-order chi connectivity index (χ1) is 7.16. The van der Waals surface area contributed by atoms with Crippen molar-refractivity contribution in [3.05, 3.63) is 35.4 Å². The van der Waals surface area contributed by atoms with Gasteiger partial charge in [-0.25, -0.2) is 0 Å². The van der Waals surface area contributed by atoms with Crippen molar-refractivity contribution < 1.29 is 5.11 Å². The second-order valence-electron chi connectivity index (χ2n) is 4.67. The summed E-state index contributed by atoms with van der Waals surface area (Å²) in [6, 6.07) is 9.03. The van der Waals surface area contributed by atoms with Gasteiger partial charge in [0.1, 0.15) is 0 Å². The van der Waals surface area contributed by atoms with Crippen LogP contribution in [0.2, 0.25) is 0 Å². The summed E-state index contributed by atoms with van der Waals surface area (Å²) < 4.78 is 0. The molecule has 0 aromatic heterocycles. The zero-order valence-electron chi connectivity index (χ0n) is 9.40. The van der Waals surface area contributed by atoms with Gasteiger partial charge in [0.05, 0.1) is 6.10 Å². The van der Waals surface area contributed by atoms with Crippen LogP contribution >= 0.6 is 0 Å². The highest BCUT2D eigenvalue weighted by Gasteiger charge is 2.26. The Balaban J connectivity index is 2.14.